The van der Waals surface area contributed by atoms with Gasteiger partial charge in [-0.25, -0.2) is 0 Å². The molecule has 6 heteroatoms. The van der Waals surface area contributed by atoms with Gasteiger partial charge in [0.2, 0.25) is 0 Å². The third-order valence-corrected chi connectivity index (χ3v) is 2.43. The largest absolute Gasteiger partial charge is 0.469 e. The molecule has 1 unspecified atom stereocenters. The molecule has 0 saturated carbocycles. The van der Waals surface area contributed by atoms with Gasteiger partial charge in [0, 0.05) is 13.8 Å². The Kier molecular flexibility index (Phi) is 4.21. The van der Waals surface area contributed by atoms with Crippen molar-refractivity contribution in [2.45, 2.75) is 44.4 Å². The monoisotopic (exact) mass is 229 g/mol. The maximum absolute atomic E-state index is 11.4. The molecule has 0 aromatic carbocycles. The van der Waals surface area contributed by atoms with E-state index >= 15 is 0 Å². The highest BCUT2D eigenvalue weighted by molar-refractivity contribution is 6.11. The molecule has 0 spiro atoms. The Morgan fingerprint density at radius 2 is 2.19 bits per heavy atom. The molecule has 1 rings (SSSR count). The summed E-state index contributed by atoms with van der Waals surface area (Å²) in [5, 5.41) is 0. The maximum Gasteiger partial charge on any atom is 0.306 e. The second-order valence-electron chi connectivity index (χ2n) is 3.83. The summed E-state index contributed by atoms with van der Waals surface area (Å²) in [5.74, 6) is -0.883. The first-order valence-electron chi connectivity index (χ1n) is 5.98. The zero-order valence-corrected chi connectivity index (χ0v) is 9.60. The fourth-order valence-electron chi connectivity index (χ4n) is 1.58. The van der Waals surface area contributed by atoms with Gasteiger partial charge < -0.3 is 14.2 Å². The molecule has 0 radical (unpaired) electrons. The first-order valence-corrected chi connectivity index (χ1v) is 5.27. The van der Waals surface area contributed by atoms with Crippen LogP contribution in [0.5, 0.6) is 0 Å². The molecule has 0 N–H and O–H groups in total. The van der Waals surface area contributed by atoms with Crippen molar-refractivity contribution in [1.82, 2.24) is 0 Å². The summed E-state index contributed by atoms with van der Waals surface area (Å²) in [7, 11) is 3.15. The zero-order valence-electron chi connectivity index (χ0n) is 10.6. The van der Waals surface area contributed by atoms with Gasteiger partial charge in [0.25, 0.3) is 0 Å². The van der Waals surface area contributed by atoms with E-state index in [1.165, 1.54) is 7.11 Å². The van der Waals surface area contributed by atoms with Gasteiger partial charge in [-0.1, -0.05) is 0 Å². The van der Waals surface area contributed by atoms with E-state index in [2.05, 4.69) is 4.74 Å². The number of carbonyl (C=O) groups excluding carboxylic acids is 2. The zero-order chi connectivity index (χ0) is 12.8. The Hall–Kier alpha value is -1.04. The quantitative estimate of drug-likeness (QED) is 0.485. The number of ether oxygens (including phenoxy) is 3. The van der Waals surface area contributed by atoms with Crippen LogP contribution in [-0.2, 0) is 23.8 Å². The van der Waals surface area contributed by atoms with Crippen LogP contribution in [0, 0.1) is 0 Å². The fourth-order valence-corrected chi connectivity index (χ4v) is 1.58. The summed E-state index contributed by atoms with van der Waals surface area (Å²) in [4.78, 5) is 22.3. The molecule has 5 nitrogen and oxygen atoms in total. The first kappa shape index (κ1) is 11.5. The lowest BCUT2D eigenvalue weighted by atomic mass is 9.96. The highest BCUT2D eigenvalue weighted by atomic mass is 16.6. The topological polar surface area (TPSA) is 61.8 Å². The highest BCUT2D eigenvalue weighted by Gasteiger charge is 2.32. The van der Waals surface area contributed by atoms with Crippen molar-refractivity contribution < 1.29 is 25.2 Å². The molecule has 0 aliphatic carbocycles. The van der Waals surface area contributed by atoms with Crippen LogP contribution < -0.4 is 0 Å². The van der Waals surface area contributed by atoms with Crippen molar-refractivity contribution in [2.24, 2.45) is 0 Å². The van der Waals surface area contributed by atoms with Crippen LogP contribution in [0.1, 0.15) is 27.5 Å². The average molecular weight is 229 g/mol. The summed E-state index contributed by atoms with van der Waals surface area (Å²) >= 11 is 0. The lowest BCUT2D eigenvalue weighted by Crippen LogP contribution is -2.25. The minimum Gasteiger partial charge on any atom is -0.469 e. The van der Waals surface area contributed by atoms with Crippen LogP contribution in [0.15, 0.2) is 0 Å². The average Bonchev–Trinajstić information content (AvgIpc) is 2.66. The molecule has 0 bridgehead atoms. The first-order chi connectivity index (χ1) is 8.06. The van der Waals surface area contributed by atoms with Gasteiger partial charge in [-0.3, -0.25) is 9.59 Å². The fraction of sp³-hybridized carbons (Fsp3) is 0.800. The second kappa shape index (κ2) is 5.89. The summed E-state index contributed by atoms with van der Waals surface area (Å²) in [6, 6.07) is 0.00348. The minimum atomic E-state index is -0.448. The highest BCUT2D eigenvalue weighted by Crippen LogP contribution is 2.21. The van der Waals surface area contributed by atoms with Gasteiger partial charge in [-0.05, 0) is 6.90 Å². The number of carbonyl (C=O) groups is 2. The van der Waals surface area contributed by atoms with Gasteiger partial charge in [-0.2, -0.15) is 0 Å². The molecule has 1 heterocycles. The van der Waals surface area contributed by atoms with Gasteiger partial charge in [0.15, 0.2) is 0 Å². The Bertz CT molecular complexity index is 286. The predicted octanol–water partition coefficient (Wildman–Crippen LogP) is -0.381. The van der Waals surface area contributed by atoms with Crippen LogP contribution in [0.3, 0.4) is 0 Å². The normalized spacial score (nSPS) is 29.6. The van der Waals surface area contributed by atoms with Crippen LogP contribution in [0.25, 0.3) is 0 Å². The summed E-state index contributed by atoms with van der Waals surface area (Å²) in [6.45, 7) is 0.0687. The summed E-state index contributed by atoms with van der Waals surface area (Å²) < 4.78 is 22.3. The van der Waals surface area contributed by atoms with Gasteiger partial charge in [-0.15, -0.1) is 0 Å². The molecule has 0 aromatic rings. The predicted molar refractivity (Wildman–Crippen MR) is 58.6 cm³/mol. The van der Waals surface area contributed by atoms with Crippen molar-refractivity contribution in [1.29, 1.82) is 0 Å². The summed E-state index contributed by atoms with van der Waals surface area (Å²) in [5.41, 5.74) is 0. The van der Waals surface area contributed by atoms with Crippen LogP contribution >= 0.6 is 0 Å². The van der Waals surface area contributed by atoms with Crippen molar-refractivity contribution in [3.63, 3.8) is 0 Å². The molecule has 90 valence electrons. The van der Waals surface area contributed by atoms with Crippen molar-refractivity contribution in [3.8, 4) is 0 Å². The molecule has 16 heavy (non-hydrogen) atoms. The van der Waals surface area contributed by atoms with E-state index < -0.39 is 11.9 Å². The van der Waals surface area contributed by atoms with E-state index in [1.807, 2.05) is 7.85 Å². The van der Waals surface area contributed by atoms with Gasteiger partial charge >= 0.3 is 11.9 Å². The molecule has 0 amide bonds. The molecule has 1 fully saturated rings. The maximum atomic E-state index is 11.4. The van der Waals surface area contributed by atoms with E-state index in [4.69, 9.17) is 10.8 Å². The smallest absolute Gasteiger partial charge is 0.306 e. The molecular weight excluding hydrogens is 211 g/mol. The van der Waals surface area contributed by atoms with E-state index in [0.717, 1.165) is 0 Å². The Morgan fingerprint density at radius 1 is 1.50 bits per heavy atom. The lowest BCUT2D eigenvalue weighted by molar-refractivity contribution is -0.154. The Balaban J connectivity index is 2.32. The van der Waals surface area contributed by atoms with Crippen molar-refractivity contribution >= 4 is 19.8 Å². The van der Waals surface area contributed by atoms with Crippen LogP contribution in [-0.4, -0.2) is 45.1 Å². The summed E-state index contributed by atoms with van der Waals surface area (Å²) in [6.07, 6.45) is -0.0977. The van der Waals surface area contributed by atoms with E-state index in [-0.39, 0.29) is 38.0 Å². The van der Waals surface area contributed by atoms with Gasteiger partial charge in [0.05, 0.1) is 26.1 Å². The number of hydrogen-bond donors (Lipinski definition) is 0. The van der Waals surface area contributed by atoms with Crippen LogP contribution in [0.2, 0.25) is 0 Å². The molecule has 3 atom stereocenters. The number of rotatable bonds is 4. The van der Waals surface area contributed by atoms with Crippen molar-refractivity contribution in [2.75, 3.05) is 7.11 Å². The van der Waals surface area contributed by atoms with E-state index in [1.54, 1.807) is 0 Å². The third-order valence-electron chi connectivity index (χ3n) is 2.43. The molecule has 1 saturated heterocycles. The minimum absolute atomic E-state index is 0.00226. The number of hydrogen-bond acceptors (Lipinski definition) is 5. The second-order valence-corrected chi connectivity index (χ2v) is 3.83. The Morgan fingerprint density at radius 3 is 2.81 bits per heavy atom. The number of methoxy groups -OCH3 is 1. The van der Waals surface area contributed by atoms with Gasteiger partial charge in [0.1, 0.15) is 14.0 Å². The Labute approximate surface area is 97.2 Å². The van der Waals surface area contributed by atoms with E-state index in [9.17, 15) is 9.59 Å². The van der Waals surface area contributed by atoms with E-state index in [0.29, 0.717) is 6.42 Å². The number of esters is 2. The lowest BCUT2D eigenvalue weighted by Gasteiger charge is -2.14. The third kappa shape index (κ3) is 3.85. The molecule has 1 aliphatic rings. The molecular formula is C10H17BO5. The molecule has 0 aromatic heterocycles. The van der Waals surface area contributed by atoms with Crippen molar-refractivity contribution in [3.05, 3.63) is 0 Å². The molecule has 1 aliphatic heterocycles. The van der Waals surface area contributed by atoms with Crippen LogP contribution in [0.4, 0.5) is 0 Å². The SMILES string of the molecule is [2H]C[C@H]1O[C@@H](B)CC1OC(=O)CCC(=O)OC. The standard InChI is InChI=1S/C10H17BO5/c1-6-7(5-8(11)15-6)16-10(13)4-3-9(12)14-2/h6-8H,3-5,11H2,1-2H3/t6-,7?,8-/m1/s1/i1D.